The lowest BCUT2D eigenvalue weighted by Crippen LogP contribution is -2.50. The summed E-state index contributed by atoms with van der Waals surface area (Å²) >= 11 is 0. The lowest BCUT2D eigenvalue weighted by molar-refractivity contribution is -0.139. The first kappa shape index (κ1) is 17.3. The van der Waals surface area contributed by atoms with Crippen molar-refractivity contribution in [2.75, 3.05) is 38.1 Å². The number of amides is 3. The van der Waals surface area contributed by atoms with E-state index in [0.29, 0.717) is 44.0 Å². The van der Waals surface area contributed by atoms with E-state index in [0.717, 1.165) is 12.0 Å². The zero-order chi connectivity index (χ0) is 17.8. The van der Waals surface area contributed by atoms with Gasteiger partial charge in [0.05, 0.1) is 12.1 Å². The molecule has 0 atom stereocenters. The highest BCUT2D eigenvalue weighted by Crippen LogP contribution is 2.28. The molecule has 0 radical (unpaired) electrons. The third-order valence-electron chi connectivity index (χ3n) is 4.48. The number of hydrogen-bond donors (Lipinski definition) is 1. The summed E-state index contributed by atoms with van der Waals surface area (Å²) in [6, 6.07) is 5.40. The summed E-state index contributed by atoms with van der Waals surface area (Å²) in [7, 11) is 0. The first-order chi connectivity index (χ1) is 12.1. The molecule has 1 fully saturated rings. The van der Waals surface area contributed by atoms with Gasteiger partial charge in [-0.25, -0.2) is 0 Å². The predicted octanol–water partition coefficient (Wildman–Crippen LogP) is 1.03. The van der Waals surface area contributed by atoms with Gasteiger partial charge in [-0.05, 0) is 24.1 Å². The normalized spacial score (nSPS) is 16.8. The highest BCUT2D eigenvalue weighted by atomic mass is 16.5. The van der Waals surface area contributed by atoms with Crippen molar-refractivity contribution in [3.05, 3.63) is 23.8 Å². The number of anilines is 1. The molecule has 7 nitrogen and oxygen atoms in total. The van der Waals surface area contributed by atoms with E-state index in [4.69, 9.17) is 4.74 Å². The number of piperazine rings is 1. The second-order valence-electron chi connectivity index (χ2n) is 6.36. The summed E-state index contributed by atoms with van der Waals surface area (Å²) in [5.41, 5.74) is 1.44. The van der Waals surface area contributed by atoms with E-state index in [1.165, 1.54) is 0 Å². The van der Waals surface area contributed by atoms with Crippen molar-refractivity contribution in [2.24, 2.45) is 0 Å². The summed E-state index contributed by atoms with van der Waals surface area (Å²) in [5.74, 6) is 0.633. The Balaban J connectivity index is 1.56. The highest BCUT2D eigenvalue weighted by molar-refractivity contribution is 5.95. The van der Waals surface area contributed by atoms with Crippen LogP contribution in [0, 0.1) is 0 Å². The first-order valence-corrected chi connectivity index (χ1v) is 8.68. The maximum absolute atomic E-state index is 12.5. The van der Waals surface area contributed by atoms with E-state index < -0.39 is 0 Å². The van der Waals surface area contributed by atoms with Crippen molar-refractivity contribution in [3.8, 4) is 5.75 Å². The molecule has 1 aromatic rings. The molecule has 1 saturated heterocycles. The Labute approximate surface area is 146 Å². The van der Waals surface area contributed by atoms with Crippen LogP contribution in [0.15, 0.2) is 18.2 Å². The van der Waals surface area contributed by atoms with Crippen LogP contribution in [0.4, 0.5) is 5.69 Å². The SMILES string of the molecule is CCCC(=O)N1CCN(C(=O)Cc2ccc3c(c2)NC(=O)CO3)CC1. The molecule has 0 bridgehead atoms. The van der Waals surface area contributed by atoms with Crippen LogP contribution in [0.5, 0.6) is 5.75 Å². The lowest BCUT2D eigenvalue weighted by atomic mass is 10.1. The van der Waals surface area contributed by atoms with Crippen LogP contribution in [0.25, 0.3) is 0 Å². The summed E-state index contributed by atoms with van der Waals surface area (Å²) in [6.45, 7) is 4.34. The third-order valence-corrected chi connectivity index (χ3v) is 4.48. The van der Waals surface area contributed by atoms with Crippen molar-refractivity contribution in [1.82, 2.24) is 9.80 Å². The molecule has 134 valence electrons. The van der Waals surface area contributed by atoms with Gasteiger partial charge in [-0.3, -0.25) is 14.4 Å². The van der Waals surface area contributed by atoms with Crippen LogP contribution >= 0.6 is 0 Å². The van der Waals surface area contributed by atoms with Crippen molar-refractivity contribution in [3.63, 3.8) is 0 Å². The minimum Gasteiger partial charge on any atom is -0.482 e. The van der Waals surface area contributed by atoms with Gasteiger partial charge < -0.3 is 19.9 Å². The Kier molecular flexibility index (Phi) is 5.21. The number of nitrogens with zero attached hydrogens (tertiary/aromatic N) is 2. The summed E-state index contributed by atoms with van der Waals surface area (Å²) in [5, 5.41) is 2.75. The van der Waals surface area contributed by atoms with Gasteiger partial charge in [0.15, 0.2) is 6.61 Å². The smallest absolute Gasteiger partial charge is 0.262 e. The van der Waals surface area contributed by atoms with Crippen molar-refractivity contribution >= 4 is 23.4 Å². The maximum atomic E-state index is 12.5. The van der Waals surface area contributed by atoms with Gasteiger partial charge in [-0.1, -0.05) is 13.0 Å². The number of ether oxygens (including phenoxy) is 1. The lowest BCUT2D eigenvalue weighted by Gasteiger charge is -2.35. The Morgan fingerprint density at radius 2 is 1.80 bits per heavy atom. The number of carbonyl (C=O) groups is 3. The monoisotopic (exact) mass is 345 g/mol. The van der Waals surface area contributed by atoms with Crippen LogP contribution in [0.1, 0.15) is 25.3 Å². The van der Waals surface area contributed by atoms with Crippen LogP contribution in [-0.2, 0) is 20.8 Å². The molecule has 7 heteroatoms. The Morgan fingerprint density at radius 1 is 1.12 bits per heavy atom. The van der Waals surface area contributed by atoms with E-state index in [-0.39, 0.29) is 30.7 Å². The largest absolute Gasteiger partial charge is 0.482 e. The zero-order valence-electron chi connectivity index (χ0n) is 14.4. The van der Waals surface area contributed by atoms with Gasteiger partial charge in [0.2, 0.25) is 11.8 Å². The molecule has 0 aliphatic carbocycles. The molecule has 0 spiro atoms. The topological polar surface area (TPSA) is 79.0 Å². The minimum absolute atomic E-state index is 0.0201. The number of nitrogens with one attached hydrogen (secondary N) is 1. The van der Waals surface area contributed by atoms with E-state index in [1.807, 2.05) is 17.9 Å². The van der Waals surface area contributed by atoms with Gasteiger partial charge in [0.1, 0.15) is 5.75 Å². The standard InChI is InChI=1S/C18H23N3O4/c1-2-3-17(23)20-6-8-21(9-7-20)18(24)11-13-4-5-15-14(10-13)19-16(22)12-25-15/h4-5,10H,2-3,6-9,11-12H2,1H3,(H,19,22). The van der Waals surface area contributed by atoms with Crippen LogP contribution in [-0.4, -0.2) is 60.3 Å². The molecule has 0 unspecified atom stereocenters. The molecule has 0 aromatic heterocycles. The average molecular weight is 345 g/mol. The Morgan fingerprint density at radius 3 is 2.48 bits per heavy atom. The average Bonchev–Trinajstić information content (AvgIpc) is 2.61. The van der Waals surface area contributed by atoms with Crippen molar-refractivity contribution < 1.29 is 19.1 Å². The fourth-order valence-corrected chi connectivity index (χ4v) is 3.10. The predicted molar refractivity (Wildman–Crippen MR) is 92.3 cm³/mol. The van der Waals surface area contributed by atoms with Gasteiger partial charge in [-0.15, -0.1) is 0 Å². The van der Waals surface area contributed by atoms with Crippen LogP contribution in [0.2, 0.25) is 0 Å². The Hall–Kier alpha value is -2.57. The molecule has 0 saturated carbocycles. The van der Waals surface area contributed by atoms with E-state index >= 15 is 0 Å². The number of hydrogen-bond acceptors (Lipinski definition) is 4. The van der Waals surface area contributed by atoms with Crippen LogP contribution < -0.4 is 10.1 Å². The minimum atomic E-state index is -0.191. The Bertz CT molecular complexity index is 681. The van der Waals surface area contributed by atoms with Gasteiger partial charge >= 0.3 is 0 Å². The molecule has 2 heterocycles. The molecule has 1 aromatic carbocycles. The molecular weight excluding hydrogens is 322 g/mol. The van der Waals surface area contributed by atoms with Crippen LogP contribution in [0.3, 0.4) is 0 Å². The molecule has 2 aliphatic heterocycles. The number of rotatable bonds is 4. The molecular formula is C18H23N3O4. The summed E-state index contributed by atoms with van der Waals surface area (Å²) in [6.07, 6.45) is 1.68. The first-order valence-electron chi connectivity index (χ1n) is 8.68. The maximum Gasteiger partial charge on any atom is 0.262 e. The van der Waals surface area contributed by atoms with Crippen molar-refractivity contribution in [2.45, 2.75) is 26.2 Å². The summed E-state index contributed by atoms with van der Waals surface area (Å²) in [4.78, 5) is 39.4. The second kappa shape index (κ2) is 7.55. The molecule has 25 heavy (non-hydrogen) atoms. The molecule has 3 rings (SSSR count). The van der Waals surface area contributed by atoms with Crippen molar-refractivity contribution in [1.29, 1.82) is 0 Å². The van der Waals surface area contributed by atoms with Gasteiger partial charge in [0.25, 0.3) is 5.91 Å². The summed E-state index contributed by atoms with van der Waals surface area (Å²) < 4.78 is 5.32. The third kappa shape index (κ3) is 4.10. The van der Waals surface area contributed by atoms with Gasteiger partial charge in [0, 0.05) is 32.6 Å². The number of carbonyl (C=O) groups excluding carboxylic acids is 3. The van der Waals surface area contributed by atoms with E-state index in [9.17, 15) is 14.4 Å². The fourth-order valence-electron chi connectivity index (χ4n) is 3.10. The quantitative estimate of drug-likeness (QED) is 0.884. The fraction of sp³-hybridized carbons (Fsp3) is 0.500. The molecule has 3 amide bonds. The number of fused-ring (bicyclic) bond motifs is 1. The number of benzene rings is 1. The second-order valence-corrected chi connectivity index (χ2v) is 6.36. The molecule has 1 N–H and O–H groups in total. The zero-order valence-corrected chi connectivity index (χ0v) is 14.4. The highest BCUT2D eigenvalue weighted by Gasteiger charge is 2.24. The van der Waals surface area contributed by atoms with E-state index in [2.05, 4.69) is 5.32 Å². The molecule has 2 aliphatic rings. The van der Waals surface area contributed by atoms with Gasteiger partial charge in [-0.2, -0.15) is 0 Å². The van der Waals surface area contributed by atoms with E-state index in [1.54, 1.807) is 17.0 Å².